The van der Waals surface area contributed by atoms with Crippen molar-refractivity contribution in [3.63, 3.8) is 0 Å². The third kappa shape index (κ3) is 3.97. The molecule has 1 aromatic rings. The summed E-state index contributed by atoms with van der Waals surface area (Å²) >= 11 is 1.45. The average molecular weight is 298 g/mol. The van der Waals surface area contributed by atoms with Crippen molar-refractivity contribution in [3.05, 3.63) is 5.01 Å². The van der Waals surface area contributed by atoms with E-state index < -0.39 is 0 Å². The van der Waals surface area contributed by atoms with Crippen molar-refractivity contribution in [2.75, 3.05) is 31.6 Å². The molecule has 7 heteroatoms. The Balaban J connectivity index is 1.98. The number of hydrogen-bond acceptors (Lipinski definition) is 6. The van der Waals surface area contributed by atoms with Crippen molar-refractivity contribution in [2.24, 2.45) is 0 Å². The van der Waals surface area contributed by atoms with Crippen molar-refractivity contribution in [2.45, 2.75) is 39.2 Å². The second-order valence-electron chi connectivity index (χ2n) is 4.80. The molecule has 1 saturated heterocycles. The van der Waals surface area contributed by atoms with Crippen molar-refractivity contribution in [1.29, 1.82) is 0 Å². The first-order valence-electron chi connectivity index (χ1n) is 7.19. The zero-order chi connectivity index (χ0) is 14.4. The number of carbonyl (C=O) groups is 1. The van der Waals surface area contributed by atoms with Gasteiger partial charge in [0.25, 0.3) is 0 Å². The lowest BCUT2D eigenvalue weighted by Gasteiger charge is -2.33. The fourth-order valence-electron chi connectivity index (χ4n) is 2.28. The minimum atomic E-state index is -0.0992. The molecule has 2 heterocycles. The average Bonchev–Trinajstić information content (AvgIpc) is 2.93. The minimum Gasteiger partial charge on any atom is -0.379 e. The summed E-state index contributed by atoms with van der Waals surface area (Å²) in [5, 5.41) is 12.5. The van der Waals surface area contributed by atoms with Crippen LogP contribution in [0.5, 0.6) is 0 Å². The molecule has 0 saturated carbocycles. The van der Waals surface area contributed by atoms with Crippen LogP contribution in [-0.4, -0.2) is 53.3 Å². The highest BCUT2D eigenvalue weighted by Crippen LogP contribution is 2.18. The SMILES string of the molecule is CCCC(C(=O)Nc1nnc(CC)s1)N1CCOCC1. The topological polar surface area (TPSA) is 67.4 Å². The lowest BCUT2D eigenvalue weighted by molar-refractivity contribution is -0.123. The molecule has 1 N–H and O–H groups in total. The Kier molecular flexibility index (Phi) is 5.87. The Morgan fingerprint density at radius 2 is 2.15 bits per heavy atom. The van der Waals surface area contributed by atoms with Crippen molar-refractivity contribution < 1.29 is 9.53 Å². The summed E-state index contributed by atoms with van der Waals surface area (Å²) in [6, 6.07) is -0.0992. The van der Waals surface area contributed by atoms with Crippen LogP contribution in [0.4, 0.5) is 5.13 Å². The molecule has 6 nitrogen and oxygen atoms in total. The molecule has 1 aliphatic heterocycles. The van der Waals surface area contributed by atoms with Crippen LogP contribution >= 0.6 is 11.3 Å². The van der Waals surface area contributed by atoms with Crippen LogP contribution in [0.1, 0.15) is 31.7 Å². The van der Waals surface area contributed by atoms with Crippen molar-refractivity contribution in [1.82, 2.24) is 15.1 Å². The second kappa shape index (κ2) is 7.66. The van der Waals surface area contributed by atoms with Gasteiger partial charge in [0.2, 0.25) is 11.0 Å². The van der Waals surface area contributed by atoms with E-state index in [0.717, 1.165) is 37.4 Å². The van der Waals surface area contributed by atoms with Crippen LogP contribution in [0.25, 0.3) is 0 Å². The highest BCUT2D eigenvalue weighted by Gasteiger charge is 2.27. The van der Waals surface area contributed by atoms with Crippen LogP contribution in [0.15, 0.2) is 0 Å². The van der Waals surface area contributed by atoms with Gasteiger partial charge in [0, 0.05) is 13.1 Å². The normalized spacial score (nSPS) is 17.9. The maximum atomic E-state index is 12.4. The quantitative estimate of drug-likeness (QED) is 0.863. The number of hydrogen-bond donors (Lipinski definition) is 1. The molecule has 0 bridgehead atoms. The van der Waals surface area contributed by atoms with Gasteiger partial charge in [0.05, 0.1) is 19.3 Å². The summed E-state index contributed by atoms with van der Waals surface area (Å²) < 4.78 is 5.35. The number of aromatic nitrogens is 2. The van der Waals surface area contributed by atoms with E-state index in [1.807, 2.05) is 6.92 Å². The van der Waals surface area contributed by atoms with Gasteiger partial charge in [-0.15, -0.1) is 10.2 Å². The number of rotatable bonds is 6. The van der Waals surface area contributed by atoms with Gasteiger partial charge in [-0.1, -0.05) is 31.6 Å². The predicted octanol–water partition coefficient (Wildman–Crippen LogP) is 1.54. The zero-order valence-electron chi connectivity index (χ0n) is 12.1. The summed E-state index contributed by atoms with van der Waals surface area (Å²) in [6.07, 6.45) is 2.67. The first-order valence-corrected chi connectivity index (χ1v) is 8.01. The van der Waals surface area contributed by atoms with Gasteiger partial charge in [-0.2, -0.15) is 0 Å². The third-order valence-electron chi connectivity index (χ3n) is 3.35. The molecule has 1 aliphatic rings. The molecule has 0 radical (unpaired) electrons. The molecule has 0 aromatic carbocycles. The zero-order valence-corrected chi connectivity index (χ0v) is 12.9. The summed E-state index contributed by atoms with van der Waals surface area (Å²) in [7, 11) is 0. The molecule has 0 aliphatic carbocycles. The van der Waals surface area contributed by atoms with Gasteiger partial charge in [-0.25, -0.2) is 0 Å². The Hall–Kier alpha value is -1.05. The molecule has 1 unspecified atom stereocenters. The molecule has 20 heavy (non-hydrogen) atoms. The molecule has 1 fully saturated rings. The van der Waals surface area contributed by atoms with E-state index in [0.29, 0.717) is 18.3 Å². The summed E-state index contributed by atoms with van der Waals surface area (Å²) in [5.41, 5.74) is 0. The summed E-state index contributed by atoms with van der Waals surface area (Å²) in [5.74, 6) is 0.0209. The second-order valence-corrected chi connectivity index (χ2v) is 5.86. The number of amides is 1. The molecule has 1 aromatic heterocycles. The molecular formula is C13H22N4O2S. The number of morpholine rings is 1. The number of ether oxygens (including phenoxy) is 1. The van der Waals surface area contributed by atoms with Gasteiger partial charge in [-0.05, 0) is 12.8 Å². The fraction of sp³-hybridized carbons (Fsp3) is 0.769. The highest BCUT2D eigenvalue weighted by atomic mass is 32.1. The molecule has 2 rings (SSSR count). The fourth-order valence-corrected chi connectivity index (χ4v) is 2.96. The lowest BCUT2D eigenvalue weighted by atomic mass is 10.1. The molecule has 1 atom stereocenters. The molecule has 0 spiro atoms. The summed E-state index contributed by atoms with van der Waals surface area (Å²) in [6.45, 7) is 7.15. The number of aryl methyl sites for hydroxylation is 1. The van der Waals surface area contributed by atoms with Gasteiger partial charge < -0.3 is 4.74 Å². The van der Waals surface area contributed by atoms with E-state index in [1.165, 1.54) is 11.3 Å². The Morgan fingerprint density at radius 1 is 1.40 bits per heavy atom. The maximum Gasteiger partial charge on any atom is 0.243 e. The molecular weight excluding hydrogens is 276 g/mol. The largest absolute Gasteiger partial charge is 0.379 e. The maximum absolute atomic E-state index is 12.4. The minimum absolute atomic E-state index is 0.0209. The summed E-state index contributed by atoms with van der Waals surface area (Å²) in [4.78, 5) is 14.6. The van der Waals surface area contributed by atoms with Crippen LogP contribution in [0.3, 0.4) is 0 Å². The Labute approximate surface area is 123 Å². The first kappa shape index (κ1) is 15.3. The van der Waals surface area contributed by atoms with Gasteiger partial charge in [0.15, 0.2) is 0 Å². The molecule has 112 valence electrons. The van der Waals surface area contributed by atoms with E-state index in [4.69, 9.17) is 4.74 Å². The van der Waals surface area contributed by atoms with E-state index in [-0.39, 0.29) is 11.9 Å². The van der Waals surface area contributed by atoms with E-state index in [2.05, 4.69) is 27.3 Å². The number of anilines is 1. The van der Waals surface area contributed by atoms with Crippen LogP contribution in [0, 0.1) is 0 Å². The van der Waals surface area contributed by atoms with E-state index in [9.17, 15) is 4.79 Å². The van der Waals surface area contributed by atoms with Crippen molar-refractivity contribution >= 4 is 22.4 Å². The number of nitrogens with zero attached hydrogens (tertiary/aromatic N) is 3. The molecule has 1 amide bonds. The van der Waals surface area contributed by atoms with Gasteiger partial charge in [-0.3, -0.25) is 15.0 Å². The first-order chi connectivity index (χ1) is 9.74. The van der Waals surface area contributed by atoms with Crippen molar-refractivity contribution in [3.8, 4) is 0 Å². The number of nitrogens with one attached hydrogen (secondary N) is 1. The predicted molar refractivity (Wildman–Crippen MR) is 79.0 cm³/mol. The van der Waals surface area contributed by atoms with E-state index >= 15 is 0 Å². The lowest BCUT2D eigenvalue weighted by Crippen LogP contribution is -2.49. The number of carbonyl (C=O) groups excluding carboxylic acids is 1. The third-order valence-corrected chi connectivity index (χ3v) is 4.33. The van der Waals surface area contributed by atoms with Gasteiger partial charge >= 0.3 is 0 Å². The van der Waals surface area contributed by atoms with E-state index in [1.54, 1.807) is 0 Å². The monoisotopic (exact) mass is 298 g/mol. The van der Waals surface area contributed by atoms with Gasteiger partial charge in [0.1, 0.15) is 5.01 Å². The Bertz CT molecular complexity index is 432. The van der Waals surface area contributed by atoms with Crippen LogP contribution in [-0.2, 0) is 16.0 Å². The smallest absolute Gasteiger partial charge is 0.243 e. The Morgan fingerprint density at radius 3 is 2.75 bits per heavy atom. The standard InChI is InChI=1S/C13H22N4O2S/c1-3-5-10(17-6-8-19-9-7-17)12(18)14-13-16-15-11(4-2)20-13/h10H,3-9H2,1-2H3,(H,14,16,18). The van der Waals surface area contributed by atoms with Crippen LogP contribution < -0.4 is 5.32 Å². The van der Waals surface area contributed by atoms with Crippen LogP contribution in [0.2, 0.25) is 0 Å². The highest BCUT2D eigenvalue weighted by molar-refractivity contribution is 7.15.